The van der Waals surface area contributed by atoms with E-state index in [1.54, 1.807) is 6.07 Å². The second kappa shape index (κ2) is 8.36. The molecule has 0 saturated heterocycles. The highest BCUT2D eigenvalue weighted by molar-refractivity contribution is 5.94. The van der Waals surface area contributed by atoms with E-state index < -0.39 is 5.41 Å². The molecule has 4 nitrogen and oxygen atoms in total. The lowest BCUT2D eigenvalue weighted by molar-refractivity contribution is -0.128. The quantitative estimate of drug-likeness (QED) is 0.747. The minimum atomic E-state index is -0.565. The van der Waals surface area contributed by atoms with Crippen molar-refractivity contribution in [3.8, 4) is 0 Å². The van der Waals surface area contributed by atoms with Crippen molar-refractivity contribution >= 4 is 17.5 Å². The number of carbonyl (C=O) groups excluding carboxylic acids is 2. The third kappa shape index (κ3) is 4.50. The molecule has 0 atom stereocenters. The molecule has 152 valence electrons. The van der Waals surface area contributed by atoms with Gasteiger partial charge in [0.15, 0.2) is 0 Å². The molecule has 2 aromatic carbocycles. The molecule has 0 spiro atoms. The molecule has 0 radical (unpaired) electrons. The number of benzene rings is 2. The van der Waals surface area contributed by atoms with Gasteiger partial charge in [0, 0.05) is 18.2 Å². The summed E-state index contributed by atoms with van der Waals surface area (Å²) >= 11 is 0. The smallest absolute Gasteiger partial charge is 0.230 e. The van der Waals surface area contributed by atoms with Gasteiger partial charge in [-0.2, -0.15) is 0 Å². The van der Waals surface area contributed by atoms with Gasteiger partial charge < -0.3 is 10.6 Å². The molecule has 2 N–H and O–H groups in total. The monoisotopic (exact) mass is 394 g/mol. The molecular formula is C24H27FN2O2. The van der Waals surface area contributed by atoms with Crippen LogP contribution in [-0.4, -0.2) is 11.8 Å². The first-order valence-corrected chi connectivity index (χ1v) is 10.5. The predicted octanol–water partition coefficient (Wildman–Crippen LogP) is 4.69. The summed E-state index contributed by atoms with van der Waals surface area (Å²) in [5, 5.41) is 5.98. The molecule has 5 heteroatoms. The molecule has 0 unspecified atom stereocenters. The van der Waals surface area contributed by atoms with Crippen molar-refractivity contribution < 1.29 is 14.0 Å². The summed E-state index contributed by atoms with van der Waals surface area (Å²) in [6.45, 7) is 0.313. The van der Waals surface area contributed by atoms with Crippen molar-refractivity contribution in [3.05, 3.63) is 65.5 Å². The van der Waals surface area contributed by atoms with Gasteiger partial charge >= 0.3 is 0 Å². The van der Waals surface area contributed by atoms with Crippen molar-refractivity contribution in [2.24, 2.45) is 5.92 Å². The maximum atomic E-state index is 13.4. The molecule has 4 rings (SSSR count). The van der Waals surface area contributed by atoms with Crippen molar-refractivity contribution in [2.75, 3.05) is 5.32 Å². The first-order chi connectivity index (χ1) is 14.1. The fourth-order valence-corrected chi connectivity index (χ4v) is 4.26. The van der Waals surface area contributed by atoms with Crippen LogP contribution in [0.1, 0.15) is 56.1 Å². The maximum absolute atomic E-state index is 13.4. The topological polar surface area (TPSA) is 58.2 Å². The Morgan fingerprint density at radius 1 is 1.00 bits per heavy atom. The first-order valence-electron chi connectivity index (χ1n) is 10.5. The van der Waals surface area contributed by atoms with Crippen LogP contribution in [0, 0.1) is 11.7 Å². The van der Waals surface area contributed by atoms with E-state index in [0.29, 0.717) is 6.54 Å². The highest BCUT2D eigenvalue weighted by Crippen LogP contribution is 2.40. The molecule has 0 aromatic heterocycles. The van der Waals surface area contributed by atoms with Crippen LogP contribution in [0.25, 0.3) is 0 Å². The van der Waals surface area contributed by atoms with Crippen LogP contribution in [0.4, 0.5) is 10.1 Å². The molecule has 0 bridgehead atoms. The summed E-state index contributed by atoms with van der Waals surface area (Å²) in [7, 11) is 0. The van der Waals surface area contributed by atoms with Crippen LogP contribution >= 0.6 is 0 Å². The zero-order chi connectivity index (χ0) is 20.3. The van der Waals surface area contributed by atoms with E-state index in [-0.39, 0.29) is 23.5 Å². The van der Waals surface area contributed by atoms with Crippen LogP contribution in [-0.2, 0) is 21.5 Å². The average molecular weight is 394 g/mol. The number of halogens is 1. The van der Waals surface area contributed by atoms with Crippen molar-refractivity contribution in [1.82, 2.24) is 5.32 Å². The molecule has 2 aromatic rings. The maximum Gasteiger partial charge on any atom is 0.230 e. The normalized spacial score (nSPS) is 18.1. The highest BCUT2D eigenvalue weighted by Gasteiger charge is 2.41. The number of anilines is 1. The Morgan fingerprint density at radius 2 is 1.72 bits per heavy atom. The second-order valence-corrected chi connectivity index (χ2v) is 8.30. The van der Waals surface area contributed by atoms with Crippen LogP contribution in [0.5, 0.6) is 0 Å². The van der Waals surface area contributed by atoms with Crippen LogP contribution < -0.4 is 10.6 Å². The predicted molar refractivity (Wildman–Crippen MR) is 111 cm³/mol. The molecule has 2 saturated carbocycles. The second-order valence-electron chi connectivity index (χ2n) is 8.30. The summed E-state index contributed by atoms with van der Waals surface area (Å²) in [6.07, 6.45) is 6.69. The van der Waals surface area contributed by atoms with E-state index in [2.05, 4.69) is 10.6 Å². The lowest BCUT2D eigenvalue weighted by atomic mass is 9.68. The van der Waals surface area contributed by atoms with Crippen molar-refractivity contribution in [2.45, 2.75) is 56.9 Å². The zero-order valence-corrected chi connectivity index (χ0v) is 16.5. The minimum Gasteiger partial charge on any atom is -0.351 e. The third-order valence-corrected chi connectivity index (χ3v) is 6.14. The van der Waals surface area contributed by atoms with Gasteiger partial charge in [0.1, 0.15) is 5.82 Å². The summed E-state index contributed by atoms with van der Waals surface area (Å²) < 4.78 is 13.4. The Hall–Kier alpha value is -2.69. The number of carbonyl (C=O) groups is 2. The van der Waals surface area contributed by atoms with Gasteiger partial charge in [0.05, 0.1) is 5.41 Å². The summed E-state index contributed by atoms with van der Waals surface area (Å²) in [6, 6.07) is 14.0. The minimum absolute atomic E-state index is 0.00349. The summed E-state index contributed by atoms with van der Waals surface area (Å²) in [5.41, 5.74) is 1.95. The van der Waals surface area contributed by atoms with Gasteiger partial charge in [-0.15, -0.1) is 0 Å². The number of amides is 2. The van der Waals surface area contributed by atoms with Crippen molar-refractivity contribution in [1.29, 1.82) is 0 Å². The van der Waals surface area contributed by atoms with E-state index in [4.69, 9.17) is 0 Å². The lowest BCUT2D eigenvalue weighted by Crippen LogP contribution is -2.45. The third-order valence-electron chi connectivity index (χ3n) is 6.14. The van der Waals surface area contributed by atoms with Gasteiger partial charge in [-0.25, -0.2) is 4.39 Å². The van der Waals surface area contributed by atoms with Crippen LogP contribution in [0.3, 0.4) is 0 Å². The van der Waals surface area contributed by atoms with Crippen LogP contribution in [0.15, 0.2) is 48.5 Å². The van der Waals surface area contributed by atoms with E-state index in [1.807, 2.05) is 30.3 Å². The molecule has 2 aliphatic carbocycles. The van der Waals surface area contributed by atoms with Gasteiger partial charge in [-0.1, -0.05) is 43.5 Å². The standard InChI is InChI=1S/C24H27FN2O2/c25-20-6-4-5-17(15-20)16-26-23(29)24(13-2-1-3-14-24)19-9-11-21(12-10-19)27-22(28)18-7-8-18/h4-6,9-12,15,18H,1-3,7-8,13-14,16H2,(H,26,29)(H,27,28). The molecule has 29 heavy (non-hydrogen) atoms. The Bertz CT molecular complexity index is 884. The fraction of sp³-hybridized carbons (Fsp3) is 0.417. The van der Waals surface area contributed by atoms with Crippen LogP contribution in [0.2, 0.25) is 0 Å². The Morgan fingerprint density at radius 3 is 2.38 bits per heavy atom. The number of hydrogen-bond acceptors (Lipinski definition) is 2. The number of nitrogens with one attached hydrogen (secondary N) is 2. The molecule has 0 heterocycles. The fourth-order valence-electron chi connectivity index (χ4n) is 4.26. The molecule has 2 aliphatic rings. The zero-order valence-electron chi connectivity index (χ0n) is 16.5. The van der Waals surface area contributed by atoms with Gasteiger partial charge in [0.2, 0.25) is 11.8 Å². The van der Waals surface area contributed by atoms with Gasteiger partial charge in [-0.05, 0) is 61.1 Å². The Kier molecular flexibility index (Phi) is 5.65. The number of hydrogen-bond donors (Lipinski definition) is 2. The Balaban J connectivity index is 1.49. The highest BCUT2D eigenvalue weighted by atomic mass is 19.1. The van der Waals surface area contributed by atoms with E-state index in [1.165, 1.54) is 12.1 Å². The largest absolute Gasteiger partial charge is 0.351 e. The van der Waals surface area contributed by atoms with E-state index in [9.17, 15) is 14.0 Å². The number of rotatable bonds is 6. The average Bonchev–Trinajstić information content (AvgIpc) is 3.59. The summed E-state index contributed by atoms with van der Waals surface area (Å²) in [5.74, 6) is -0.0601. The SMILES string of the molecule is O=C(Nc1ccc(C2(C(=O)NCc3cccc(F)c3)CCCCC2)cc1)C1CC1. The van der Waals surface area contributed by atoms with Gasteiger partial charge in [-0.3, -0.25) is 9.59 Å². The van der Waals surface area contributed by atoms with Gasteiger partial charge in [0.25, 0.3) is 0 Å². The van der Waals surface area contributed by atoms with E-state index >= 15 is 0 Å². The summed E-state index contributed by atoms with van der Waals surface area (Å²) in [4.78, 5) is 25.2. The molecule has 2 fully saturated rings. The van der Waals surface area contributed by atoms with E-state index in [0.717, 1.165) is 61.8 Å². The lowest BCUT2D eigenvalue weighted by Gasteiger charge is -2.36. The molecule has 2 amide bonds. The Labute approximate surface area is 170 Å². The first kappa shape index (κ1) is 19.6. The molecule has 0 aliphatic heterocycles. The van der Waals surface area contributed by atoms with Crippen molar-refractivity contribution in [3.63, 3.8) is 0 Å². The molecular weight excluding hydrogens is 367 g/mol.